The number of hydrogen-bond donors (Lipinski definition) is 2. The number of nitrogens with one attached hydrogen (secondary N) is 1. The molecule has 1 aromatic rings. The number of benzene rings is 1. The number of carbonyl (C=O) groups is 2. The van der Waals surface area contributed by atoms with Crippen molar-refractivity contribution in [1.82, 2.24) is 5.32 Å². The van der Waals surface area contributed by atoms with E-state index in [9.17, 15) is 9.59 Å². The molecule has 1 amide bonds. The highest BCUT2D eigenvalue weighted by Crippen LogP contribution is 2.31. The maximum absolute atomic E-state index is 12.4. The van der Waals surface area contributed by atoms with Crippen molar-refractivity contribution in [2.24, 2.45) is 0 Å². The summed E-state index contributed by atoms with van der Waals surface area (Å²) in [4.78, 5) is 24.6. The first-order valence-electron chi connectivity index (χ1n) is 7.23. The van der Waals surface area contributed by atoms with E-state index in [2.05, 4.69) is 5.32 Å². The zero-order valence-electron chi connectivity index (χ0n) is 12.2. The van der Waals surface area contributed by atoms with Gasteiger partial charge in [0.2, 0.25) is 0 Å². The Balaban J connectivity index is 2.11. The normalized spacial score (nSPS) is 17.2. The molecule has 1 saturated carbocycles. The smallest absolute Gasteiger partial charge is 0.305 e. The summed E-state index contributed by atoms with van der Waals surface area (Å²) in [5.41, 5.74) is 0.00225. The van der Waals surface area contributed by atoms with E-state index in [0.29, 0.717) is 5.56 Å². The van der Waals surface area contributed by atoms with Gasteiger partial charge in [-0.2, -0.15) is 0 Å². The maximum atomic E-state index is 12.4. The van der Waals surface area contributed by atoms with E-state index < -0.39 is 11.5 Å². The van der Waals surface area contributed by atoms with E-state index in [1.807, 2.05) is 18.4 Å². The fourth-order valence-electron chi connectivity index (χ4n) is 2.92. The topological polar surface area (TPSA) is 66.4 Å². The van der Waals surface area contributed by atoms with E-state index in [-0.39, 0.29) is 12.3 Å². The Morgan fingerprint density at radius 1 is 1.19 bits per heavy atom. The second kappa shape index (κ2) is 6.98. The van der Waals surface area contributed by atoms with Crippen molar-refractivity contribution in [2.45, 2.75) is 49.0 Å². The molecule has 1 aromatic carbocycles. The zero-order valence-corrected chi connectivity index (χ0v) is 13.0. The molecule has 1 fully saturated rings. The monoisotopic (exact) mass is 307 g/mol. The molecule has 0 saturated heterocycles. The highest BCUT2D eigenvalue weighted by Gasteiger charge is 2.35. The minimum Gasteiger partial charge on any atom is -0.481 e. The van der Waals surface area contributed by atoms with Crippen LogP contribution in [-0.4, -0.2) is 28.8 Å². The third-order valence-electron chi connectivity index (χ3n) is 4.03. The molecule has 1 aliphatic carbocycles. The molecule has 0 aliphatic heterocycles. The summed E-state index contributed by atoms with van der Waals surface area (Å²) in [7, 11) is 0. The van der Waals surface area contributed by atoms with Crippen molar-refractivity contribution in [3.8, 4) is 0 Å². The minimum absolute atomic E-state index is 0.00162. The summed E-state index contributed by atoms with van der Waals surface area (Å²) in [6.07, 6.45) is 6.53. The lowest BCUT2D eigenvalue weighted by molar-refractivity contribution is -0.139. The number of aliphatic carboxylic acids is 1. The number of carboxylic acid groups (broad SMARTS) is 1. The Labute approximate surface area is 129 Å². The summed E-state index contributed by atoms with van der Waals surface area (Å²) in [6, 6.07) is 7.39. The third kappa shape index (κ3) is 4.24. The third-order valence-corrected chi connectivity index (χ3v) is 4.77. The van der Waals surface area contributed by atoms with Gasteiger partial charge in [-0.05, 0) is 43.4 Å². The van der Waals surface area contributed by atoms with Crippen LogP contribution in [0.5, 0.6) is 0 Å². The van der Waals surface area contributed by atoms with Crippen molar-refractivity contribution in [3.05, 3.63) is 29.8 Å². The van der Waals surface area contributed by atoms with Crippen LogP contribution in [0.25, 0.3) is 0 Å². The van der Waals surface area contributed by atoms with Crippen LogP contribution in [0.4, 0.5) is 0 Å². The number of thioether (sulfide) groups is 1. The van der Waals surface area contributed by atoms with Crippen LogP contribution in [0.1, 0.15) is 48.9 Å². The number of amides is 1. The molecular weight excluding hydrogens is 286 g/mol. The maximum Gasteiger partial charge on any atom is 0.305 e. The van der Waals surface area contributed by atoms with Crippen LogP contribution in [0.3, 0.4) is 0 Å². The minimum atomic E-state index is -0.852. The SMILES string of the molecule is CSc1ccc(C(=O)NC2(CC(=O)O)CCCCC2)cc1. The van der Waals surface area contributed by atoms with E-state index in [1.54, 1.807) is 23.9 Å². The number of rotatable bonds is 5. The Kier molecular flexibility index (Phi) is 5.28. The van der Waals surface area contributed by atoms with Crippen LogP contribution >= 0.6 is 11.8 Å². The van der Waals surface area contributed by atoms with Crippen LogP contribution in [0.2, 0.25) is 0 Å². The molecule has 0 aromatic heterocycles. The number of carbonyl (C=O) groups excluding carboxylic acids is 1. The summed E-state index contributed by atoms with van der Waals surface area (Å²) in [5, 5.41) is 12.1. The van der Waals surface area contributed by atoms with Crippen LogP contribution in [-0.2, 0) is 4.79 Å². The molecule has 21 heavy (non-hydrogen) atoms. The fourth-order valence-corrected chi connectivity index (χ4v) is 3.33. The van der Waals surface area contributed by atoms with Gasteiger partial charge in [0.05, 0.1) is 12.0 Å². The van der Waals surface area contributed by atoms with Gasteiger partial charge in [-0.3, -0.25) is 9.59 Å². The average molecular weight is 307 g/mol. The van der Waals surface area contributed by atoms with Crippen molar-refractivity contribution in [2.75, 3.05) is 6.26 Å². The van der Waals surface area contributed by atoms with E-state index in [4.69, 9.17) is 5.11 Å². The van der Waals surface area contributed by atoms with Gasteiger partial charge in [-0.25, -0.2) is 0 Å². The van der Waals surface area contributed by atoms with Crippen LogP contribution in [0.15, 0.2) is 29.2 Å². The van der Waals surface area contributed by atoms with Gasteiger partial charge in [0.25, 0.3) is 5.91 Å². The van der Waals surface area contributed by atoms with Gasteiger partial charge >= 0.3 is 5.97 Å². The molecule has 114 valence electrons. The van der Waals surface area contributed by atoms with Crippen molar-refractivity contribution in [1.29, 1.82) is 0 Å². The molecule has 0 spiro atoms. The number of hydrogen-bond acceptors (Lipinski definition) is 3. The first-order valence-corrected chi connectivity index (χ1v) is 8.45. The summed E-state index contributed by atoms with van der Waals surface area (Å²) >= 11 is 1.62. The Bertz CT molecular complexity index is 507. The van der Waals surface area contributed by atoms with E-state index in [0.717, 1.165) is 37.0 Å². The molecule has 0 heterocycles. The Morgan fingerprint density at radius 3 is 2.33 bits per heavy atom. The molecule has 0 bridgehead atoms. The molecule has 1 aliphatic rings. The van der Waals surface area contributed by atoms with Crippen molar-refractivity contribution < 1.29 is 14.7 Å². The highest BCUT2D eigenvalue weighted by atomic mass is 32.2. The van der Waals surface area contributed by atoms with Gasteiger partial charge in [0, 0.05) is 10.5 Å². The lowest BCUT2D eigenvalue weighted by Gasteiger charge is -2.37. The Hall–Kier alpha value is -1.49. The zero-order chi connectivity index (χ0) is 15.3. The molecule has 2 rings (SSSR count). The molecule has 0 unspecified atom stereocenters. The second-order valence-electron chi connectivity index (χ2n) is 5.59. The largest absolute Gasteiger partial charge is 0.481 e. The predicted molar refractivity (Wildman–Crippen MR) is 83.8 cm³/mol. The predicted octanol–water partition coefficient (Wildman–Crippen LogP) is 3.32. The van der Waals surface area contributed by atoms with E-state index >= 15 is 0 Å². The standard InChI is InChI=1S/C16H21NO3S/c1-21-13-7-5-12(6-8-13)15(20)17-16(11-14(18)19)9-3-2-4-10-16/h5-8H,2-4,9-11H2,1H3,(H,17,20)(H,18,19). The summed E-state index contributed by atoms with van der Waals surface area (Å²) in [5.74, 6) is -1.03. The summed E-state index contributed by atoms with van der Waals surface area (Å²) < 4.78 is 0. The number of carboxylic acids is 1. The molecule has 4 nitrogen and oxygen atoms in total. The van der Waals surface area contributed by atoms with Crippen LogP contribution in [0, 0.1) is 0 Å². The molecule has 0 atom stereocenters. The molecule has 0 radical (unpaired) electrons. The lowest BCUT2D eigenvalue weighted by Crippen LogP contribution is -2.51. The molecule has 2 N–H and O–H groups in total. The highest BCUT2D eigenvalue weighted by molar-refractivity contribution is 7.98. The van der Waals surface area contributed by atoms with Crippen molar-refractivity contribution >= 4 is 23.6 Å². The van der Waals surface area contributed by atoms with Crippen molar-refractivity contribution in [3.63, 3.8) is 0 Å². The second-order valence-corrected chi connectivity index (χ2v) is 6.47. The lowest BCUT2D eigenvalue weighted by atomic mass is 9.79. The van der Waals surface area contributed by atoms with Crippen LogP contribution < -0.4 is 5.32 Å². The van der Waals surface area contributed by atoms with E-state index in [1.165, 1.54) is 0 Å². The quantitative estimate of drug-likeness (QED) is 0.819. The van der Waals surface area contributed by atoms with Gasteiger partial charge in [-0.15, -0.1) is 11.8 Å². The van der Waals surface area contributed by atoms with Gasteiger partial charge in [-0.1, -0.05) is 19.3 Å². The first kappa shape index (κ1) is 15.9. The first-order chi connectivity index (χ1) is 10.0. The van der Waals surface area contributed by atoms with Gasteiger partial charge in [0.1, 0.15) is 0 Å². The molecule has 5 heteroatoms. The van der Waals surface area contributed by atoms with Gasteiger partial charge in [0.15, 0.2) is 0 Å². The summed E-state index contributed by atoms with van der Waals surface area (Å²) in [6.45, 7) is 0. The fraction of sp³-hybridized carbons (Fsp3) is 0.500. The van der Waals surface area contributed by atoms with Gasteiger partial charge < -0.3 is 10.4 Å². The molecular formula is C16H21NO3S. The average Bonchev–Trinajstić information content (AvgIpc) is 2.47. The Morgan fingerprint density at radius 2 is 1.81 bits per heavy atom.